The fraction of sp³-hybridized carbons (Fsp3) is 0.176. The van der Waals surface area contributed by atoms with E-state index in [2.05, 4.69) is 5.10 Å². The lowest BCUT2D eigenvalue weighted by Gasteiger charge is -2.13. The zero-order chi connectivity index (χ0) is 19.1. The quantitative estimate of drug-likeness (QED) is 0.718. The number of halogens is 5. The van der Waals surface area contributed by atoms with Crippen LogP contribution in [0.1, 0.15) is 12.0 Å². The van der Waals surface area contributed by atoms with Crippen LogP contribution in [0.4, 0.5) is 8.78 Å². The van der Waals surface area contributed by atoms with Crippen LogP contribution in [0, 0.1) is 0 Å². The second kappa shape index (κ2) is 7.02. The number of alkyl halides is 2. The molecule has 4 nitrogen and oxygen atoms in total. The first-order valence-corrected chi connectivity index (χ1v) is 8.53. The van der Waals surface area contributed by atoms with E-state index in [1.54, 1.807) is 12.2 Å². The van der Waals surface area contributed by atoms with Crippen molar-refractivity contribution in [2.75, 3.05) is 0 Å². The topological polar surface area (TPSA) is 55.1 Å². The predicted octanol–water partition coefficient (Wildman–Crippen LogP) is 5.44. The summed E-state index contributed by atoms with van der Waals surface area (Å²) in [5, 5.41) is 14.3. The number of hydrogen-bond donors (Lipinski definition) is 1. The summed E-state index contributed by atoms with van der Waals surface area (Å²) in [7, 11) is 0. The SMILES string of the molecule is O=C(O)C(F)(F)c1ccc2c(Cl)nn(CC3=C(Cl)CC=CC=C3Cl)c2c1. The van der Waals surface area contributed by atoms with Crippen molar-refractivity contribution >= 4 is 51.7 Å². The summed E-state index contributed by atoms with van der Waals surface area (Å²) >= 11 is 18.6. The Morgan fingerprint density at radius 2 is 2.04 bits per heavy atom. The van der Waals surface area contributed by atoms with Crippen LogP contribution in [-0.4, -0.2) is 20.9 Å². The van der Waals surface area contributed by atoms with Crippen LogP contribution in [0.3, 0.4) is 0 Å². The third-order valence-corrected chi connectivity index (χ3v) is 4.95. The Morgan fingerprint density at radius 1 is 1.31 bits per heavy atom. The third-order valence-electron chi connectivity index (χ3n) is 3.94. The number of rotatable bonds is 4. The number of nitrogens with zero attached hydrogens (tertiary/aromatic N) is 2. The standard InChI is InChI=1S/C17H11Cl3F2N2O2/c18-12-3-1-2-4-13(19)11(12)8-24-14-7-9(17(21,22)16(25)26)5-6-10(14)15(20)23-24/h1-3,5-7H,4,8H2,(H,25,26). The first-order valence-electron chi connectivity index (χ1n) is 7.39. The second-order valence-corrected chi connectivity index (χ2v) is 6.81. The van der Waals surface area contributed by atoms with Crippen molar-refractivity contribution in [3.8, 4) is 0 Å². The van der Waals surface area contributed by atoms with Crippen molar-refractivity contribution in [3.63, 3.8) is 0 Å². The Labute approximate surface area is 161 Å². The van der Waals surface area contributed by atoms with Gasteiger partial charge in [-0.3, -0.25) is 4.68 Å². The first kappa shape index (κ1) is 18.9. The van der Waals surface area contributed by atoms with Crippen LogP contribution in [0.2, 0.25) is 5.15 Å². The lowest BCUT2D eigenvalue weighted by molar-refractivity contribution is -0.166. The summed E-state index contributed by atoms with van der Waals surface area (Å²) in [5.41, 5.74) is 0.168. The molecule has 1 aliphatic carbocycles. The van der Waals surface area contributed by atoms with Gasteiger partial charge in [-0.05, 0) is 18.2 Å². The number of aromatic nitrogens is 2. The molecule has 0 fully saturated rings. The summed E-state index contributed by atoms with van der Waals surface area (Å²) < 4.78 is 29.1. The zero-order valence-electron chi connectivity index (χ0n) is 13.0. The zero-order valence-corrected chi connectivity index (χ0v) is 15.3. The van der Waals surface area contributed by atoms with Gasteiger partial charge in [0.1, 0.15) is 0 Å². The van der Waals surface area contributed by atoms with Crippen molar-refractivity contribution in [1.82, 2.24) is 9.78 Å². The van der Waals surface area contributed by atoms with E-state index in [9.17, 15) is 13.6 Å². The molecule has 0 spiro atoms. The van der Waals surface area contributed by atoms with E-state index in [4.69, 9.17) is 39.9 Å². The number of carboxylic acid groups (broad SMARTS) is 1. The van der Waals surface area contributed by atoms with Gasteiger partial charge in [0, 0.05) is 33.0 Å². The van der Waals surface area contributed by atoms with Crippen LogP contribution >= 0.6 is 34.8 Å². The van der Waals surface area contributed by atoms with Crippen LogP contribution in [0.5, 0.6) is 0 Å². The summed E-state index contributed by atoms with van der Waals surface area (Å²) in [6, 6.07) is 3.39. The molecule has 136 valence electrons. The highest BCUT2D eigenvalue weighted by molar-refractivity contribution is 6.36. The van der Waals surface area contributed by atoms with Crippen molar-refractivity contribution in [2.45, 2.75) is 18.9 Å². The largest absolute Gasteiger partial charge is 0.477 e. The number of carbonyl (C=O) groups is 1. The molecule has 1 aromatic heterocycles. The van der Waals surface area contributed by atoms with E-state index < -0.39 is 17.5 Å². The van der Waals surface area contributed by atoms with Crippen molar-refractivity contribution in [1.29, 1.82) is 0 Å². The molecule has 0 saturated carbocycles. The molecule has 0 atom stereocenters. The van der Waals surface area contributed by atoms with Gasteiger partial charge in [-0.2, -0.15) is 13.9 Å². The third kappa shape index (κ3) is 3.37. The molecule has 0 aliphatic heterocycles. The number of benzene rings is 1. The van der Waals surface area contributed by atoms with Gasteiger partial charge in [-0.25, -0.2) is 4.79 Å². The Hall–Kier alpha value is -1.89. The van der Waals surface area contributed by atoms with Crippen LogP contribution in [-0.2, 0) is 17.3 Å². The Bertz CT molecular complexity index is 993. The van der Waals surface area contributed by atoms with Gasteiger partial charge in [-0.1, -0.05) is 53.0 Å². The highest BCUT2D eigenvalue weighted by atomic mass is 35.5. The molecule has 1 N–H and O–H groups in total. The minimum Gasteiger partial charge on any atom is -0.477 e. The van der Waals surface area contributed by atoms with E-state index in [0.29, 0.717) is 27.4 Å². The molecule has 0 saturated heterocycles. The van der Waals surface area contributed by atoms with E-state index in [1.807, 2.05) is 6.08 Å². The molecular weight excluding hydrogens is 409 g/mol. The Morgan fingerprint density at radius 3 is 2.73 bits per heavy atom. The van der Waals surface area contributed by atoms with Crippen LogP contribution in [0.15, 0.2) is 52.1 Å². The monoisotopic (exact) mass is 418 g/mol. The smallest absolute Gasteiger partial charge is 0.379 e. The van der Waals surface area contributed by atoms with Gasteiger partial charge in [0.05, 0.1) is 12.1 Å². The van der Waals surface area contributed by atoms with Gasteiger partial charge >= 0.3 is 11.9 Å². The number of aliphatic carboxylic acids is 1. The minimum atomic E-state index is -4.03. The first-order chi connectivity index (χ1) is 12.2. The molecule has 3 rings (SSSR count). The van der Waals surface area contributed by atoms with Gasteiger partial charge < -0.3 is 5.11 Å². The average Bonchev–Trinajstić information content (AvgIpc) is 2.81. The average molecular weight is 420 g/mol. The Kier molecular flexibility index (Phi) is 5.10. The highest BCUT2D eigenvalue weighted by Crippen LogP contribution is 2.34. The van der Waals surface area contributed by atoms with E-state index in [0.717, 1.165) is 12.1 Å². The maximum Gasteiger partial charge on any atom is 0.379 e. The second-order valence-electron chi connectivity index (χ2n) is 5.59. The predicted molar refractivity (Wildman–Crippen MR) is 96.8 cm³/mol. The summed E-state index contributed by atoms with van der Waals surface area (Å²) in [6.07, 6.45) is 5.73. The molecule has 1 aliphatic rings. The van der Waals surface area contributed by atoms with Crippen LogP contribution in [0.25, 0.3) is 10.9 Å². The van der Waals surface area contributed by atoms with E-state index in [1.165, 1.54) is 10.7 Å². The normalized spacial score (nSPS) is 15.3. The molecule has 0 bridgehead atoms. The van der Waals surface area contributed by atoms with E-state index >= 15 is 0 Å². The number of hydrogen-bond acceptors (Lipinski definition) is 2. The highest BCUT2D eigenvalue weighted by Gasteiger charge is 2.41. The molecule has 1 heterocycles. The molecule has 1 aromatic carbocycles. The summed E-state index contributed by atoms with van der Waals surface area (Å²) in [5.74, 6) is -6.27. The van der Waals surface area contributed by atoms with Crippen LogP contribution < -0.4 is 0 Å². The molecule has 9 heteroatoms. The molecule has 0 unspecified atom stereocenters. The number of carboxylic acids is 1. The summed E-state index contributed by atoms with van der Waals surface area (Å²) in [6.45, 7) is 0.0984. The lowest BCUT2D eigenvalue weighted by atomic mass is 10.1. The lowest BCUT2D eigenvalue weighted by Crippen LogP contribution is -2.25. The Balaban J connectivity index is 2.11. The maximum atomic E-state index is 13.9. The van der Waals surface area contributed by atoms with Crippen molar-refractivity contribution < 1.29 is 18.7 Å². The summed E-state index contributed by atoms with van der Waals surface area (Å²) in [4.78, 5) is 10.8. The molecule has 0 amide bonds. The number of fused-ring (bicyclic) bond motifs is 1. The van der Waals surface area contributed by atoms with Gasteiger partial charge in [0.15, 0.2) is 5.15 Å². The molecule has 2 aromatic rings. The minimum absolute atomic E-state index is 0.0984. The van der Waals surface area contributed by atoms with Crippen molar-refractivity contribution in [2.24, 2.45) is 0 Å². The van der Waals surface area contributed by atoms with Crippen molar-refractivity contribution in [3.05, 3.63) is 62.8 Å². The maximum absolute atomic E-state index is 13.9. The number of allylic oxidation sites excluding steroid dienone is 6. The van der Waals surface area contributed by atoms with E-state index in [-0.39, 0.29) is 17.2 Å². The molecule has 26 heavy (non-hydrogen) atoms. The van der Waals surface area contributed by atoms with Gasteiger partial charge in [-0.15, -0.1) is 0 Å². The fourth-order valence-electron chi connectivity index (χ4n) is 2.56. The molecule has 0 radical (unpaired) electrons. The fourth-order valence-corrected chi connectivity index (χ4v) is 3.36. The molecular formula is C17H11Cl3F2N2O2. The van der Waals surface area contributed by atoms with Gasteiger partial charge in [0.25, 0.3) is 0 Å². The van der Waals surface area contributed by atoms with Gasteiger partial charge in [0.2, 0.25) is 0 Å².